The molecule has 3 aromatic rings. The molecule has 30 heavy (non-hydrogen) atoms. The van der Waals surface area contributed by atoms with Crippen LogP contribution in [-0.2, 0) is 11.3 Å². The monoisotopic (exact) mass is 543 g/mol. The first kappa shape index (κ1) is 20.9. The number of aromatic nitrogens is 4. The maximum atomic E-state index is 11.1. The van der Waals surface area contributed by atoms with Gasteiger partial charge in [0.25, 0.3) is 0 Å². The number of hydroxylamine groups is 1. The predicted octanol–water partition coefficient (Wildman–Crippen LogP) is 1.38. The fourth-order valence-corrected chi connectivity index (χ4v) is 4.58. The Kier molecular flexibility index (Phi) is 6.40. The van der Waals surface area contributed by atoms with Gasteiger partial charge < -0.3 is 25.1 Å². The summed E-state index contributed by atoms with van der Waals surface area (Å²) < 4.78 is 13.9. The molecule has 0 atom stereocenters. The number of carbonyl (C=O) groups is 1. The number of carbonyl (C=O) groups excluding carboxylic acids is 1. The lowest BCUT2D eigenvalue weighted by atomic mass is 10.3. The zero-order valence-electron chi connectivity index (χ0n) is 15.6. The maximum Gasteiger partial charge on any atom is 0.244 e. The fourth-order valence-electron chi connectivity index (χ4n) is 2.86. The SMILES string of the molecule is Nc1ncnc2c1nc(Sc1cc3c(cc1I)OCO3)n2CCNCCC(=O)NO. The van der Waals surface area contributed by atoms with Crippen molar-refractivity contribution in [1.29, 1.82) is 0 Å². The van der Waals surface area contributed by atoms with Crippen molar-refractivity contribution in [1.82, 2.24) is 30.3 Å². The van der Waals surface area contributed by atoms with Gasteiger partial charge in [-0.3, -0.25) is 10.0 Å². The highest BCUT2D eigenvalue weighted by molar-refractivity contribution is 14.1. The van der Waals surface area contributed by atoms with E-state index in [9.17, 15) is 4.79 Å². The number of benzene rings is 1. The lowest BCUT2D eigenvalue weighted by Gasteiger charge is -2.10. The molecule has 158 valence electrons. The molecule has 0 aliphatic carbocycles. The van der Waals surface area contributed by atoms with Crippen LogP contribution in [0.15, 0.2) is 28.5 Å². The number of rotatable bonds is 8. The van der Waals surface area contributed by atoms with E-state index < -0.39 is 5.91 Å². The van der Waals surface area contributed by atoms with Crippen molar-refractivity contribution >= 4 is 57.2 Å². The Morgan fingerprint density at radius 1 is 1.30 bits per heavy atom. The van der Waals surface area contributed by atoms with Gasteiger partial charge in [0.15, 0.2) is 33.6 Å². The van der Waals surface area contributed by atoms with Gasteiger partial charge >= 0.3 is 0 Å². The van der Waals surface area contributed by atoms with E-state index in [1.165, 1.54) is 18.1 Å². The van der Waals surface area contributed by atoms with Crippen LogP contribution in [0.25, 0.3) is 11.2 Å². The van der Waals surface area contributed by atoms with Gasteiger partial charge in [0.1, 0.15) is 6.33 Å². The number of nitrogens with one attached hydrogen (secondary N) is 2. The second-order valence-electron chi connectivity index (χ2n) is 6.25. The normalized spacial score (nSPS) is 12.5. The average Bonchev–Trinajstić information content (AvgIpc) is 3.33. The third-order valence-corrected chi connectivity index (χ3v) is 6.63. The summed E-state index contributed by atoms with van der Waals surface area (Å²) in [6.45, 7) is 1.76. The quantitative estimate of drug-likeness (QED) is 0.142. The minimum atomic E-state index is -0.440. The number of amides is 1. The van der Waals surface area contributed by atoms with E-state index in [1.54, 1.807) is 5.48 Å². The Bertz CT molecular complexity index is 1090. The number of imidazole rings is 1. The zero-order chi connectivity index (χ0) is 21.1. The number of hydrogen-bond acceptors (Lipinski definition) is 10. The Hall–Kier alpha value is -2.36. The fraction of sp³-hybridized carbons (Fsp3) is 0.294. The molecular formula is C17H18IN7O4S. The van der Waals surface area contributed by atoms with Gasteiger partial charge in [0, 0.05) is 34.5 Å². The molecule has 0 radical (unpaired) electrons. The largest absolute Gasteiger partial charge is 0.454 e. The van der Waals surface area contributed by atoms with Crippen LogP contribution in [0, 0.1) is 3.57 Å². The maximum absolute atomic E-state index is 11.1. The summed E-state index contributed by atoms with van der Waals surface area (Å²) in [6.07, 6.45) is 1.58. The van der Waals surface area contributed by atoms with Crippen LogP contribution < -0.4 is 26.0 Å². The number of nitrogen functional groups attached to an aromatic ring is 1. The van der Waals surface area contributed by atoms with Crippen LogP contribution in [0.1, 0.15) is 6.42 Å². The van der Waals surface area contributed by atoms with Gasteiger partial charge in [-0.15, -0.1) is 0 Å². The number of anilines is 1. The Labute approximate surface area is 188 Å². The molecule has 0 spiro atoms. The number of hydrogen-bond donors (Lipinski definition) is 4. The third-order valence-electron chi connectivity index (χ3n) is 4.32. The van der Waals surface area contributed by atoms with Gasteiger partial charge in [0.2, 0.25) is 12.7 Å². The highest BCUT2D eigenvalue weighted by Crippen LogP contribution is 2.41. The smallest absolute Gasteiger partial charge is 0.244 e. The molecule has 1 amide bonds. The van der Waals surface area contributed by atoms with Crippen molar-refractivity contribution in [3.63, 3.8) is 0 Å². The topological polar surface area (TPSA) is 149 Å². The van der Waals surface area contributed by atoms with Crippen molar-refractivity contribution in [2.75, 3.05) is 25.6 Å². The zero-order valence-corrected chi connectivity index (χ0v) is 18.6. The van der Waals surface area contributed by atoms with E-state index in [1.807, 2.05) is 16.7 Å². The van der Waals surface area contributed by atoms with Crippen LogP contribution >= 0.6 is 34.4 Å². The molecule has 0 unspecified atom stereocenters. The predicted molar refractivity (Wildman–Crippen MR) is 117 cm³/mol. The number of nitrogens with zero attached hydrogens (tertiary/aromatic N) is 4. The minimum absolute atomic E-state index is 0.174. The molecule has 13 heteroatoms. The molecule has 11 nitrogen and oxygen atoms in total. The van der Waals surface area contributed by atoms with Gasteiger partial charge in [0.05, 0.1) is 0 Å². The van der Waals surface area contributed by atoms with Crippen LogP contribution in [0.2, 0.25) is 0 Å². The van der Waals surface area contributed by atoms with Crippen molar-refractivity contribution < 1.29 is 19.5 Å². The van der Waals surface area contributed by atoms with Gasteiger partial charge in [-0.1, -0.05) is 11.8 Å². The molecule has 3 heterocycles. The van der Waals surface area contributed by atoms with Crippen LogP contribution in [-0.4, -0.2) is 50.5 Å². The lowest BCUT2D eigenvalue weighted by molar-refractivity contribution is -0.129. The van der Waals surface area contributed by atoms with Gasteiger partial charge in [-0.2, -0.15) is 0 Å². The molecule has 0 saturated heterocycles. The van der Waals surface area contributed by atoms with Crippen LogP contribution in [0.4, 0.5) is 5.82 Å². The summed E-state index contributed by atoms with van der Waals surface area (Å²) in [5, 5.41) is 12.4. The van der Waals surface area contributed by atoms with Gasteiger partial charge in [-0.05, 0) is 34.7 Å². The van der Waals surface area contributed by atoms with Crippen molar-refractivity contribution in [2.24, 2.45) is 0 Å². The molecule has 0 bridgehead atoms. The van der Waals surface area contributed by atoms with Crippen LogP contribution in [0.5, 0.6) is 11.5 Å². The van der Waals surface area contributed by atoms with E-state index in [-0.39, 0.29) is 13.2 Å². The summed E-state index contributed by atoms with van der Waals surface area (Å²) in [4.78, 5) is 25.1. The minimum Gasteiger partial charge on any atom is -0.454 e. The number of ether oxygens (including phenoxy) is 2. The number of nitrogens with two attached hydrogens (primary N) is 1. The summed E-state index contributed by atoms with van der Waals surface area (Å²) in [6, 6.07) is 3.86. The van der Waals surface area contributed by atoms with E-state index in [0.29, 0.717) is 47.5 Å². The third kappa shape index (κ3) is 4.38. The highest BCUT2D eigenvalue weighted by Gasteiger charge is 2.20. The van der Waals surface area contributed by atoms with E-state index in [4.69, 9.17) is 20.4 Å². The van der Waals surface area contributed by atoms with E-state index in [0.717, 1.165) is 14.2 Å². The highest BCUT2D eigenvalue weighted by atomic mass is 127. The second-order valence-corrected chi connectivity index (χ2v) is 8.42. The Morgan fingerprint density at radius 3 is 2.90 bits per heavy atom. The number of halogens is 1. The molecule has 2 aromatic heterocycles. The lowest BCUT2D eigenvalue weighted by Crippen LogP contribution is -2.27. The van der Waals surface area contributed by atoms with Crippen molar-refractivity contribution in [3.05, 3.63) is 22.0 Å². The summed E-state index contributed by atoms with van der Waals surface area (Å²) in [5.41, 5.74) is 8.79. The first-order valence-corrected chi connectivity index (χ1v) is 10.8. The molecule has 1 aromatic carbocycles. The first-order valence-electron chi connectivity index (χ1n) is 8.94. The molecular weight excluding hydrogens is 525 g/mol. The van der Waals surface area contributed by atoms with Crippen molar-refractivity contribution in [3.8, 4) is 11.5 Å². The van der Waals surface area contributed by atoms with Crippen LogP contribution in [0.3, 0.4) is 0 Å². The average molecular weight is 543 g/mol. The molecule has 0 saturated carbocycles. The molecule has 1 aliphatic heterocycles. The van der Waals surface area contributed by atoms with E-state index >= 15 is 0 Å². The summed E-state index contributed by atoms with van der Waals surface area (Å²) in [5.74, 6) is 1.30. The Morgan fingerprint density at radius 2 is 2.10 bits per heavy atom. The first-order chi connectivity index (χ1) is 14.6. The second kappa shape index (κ2) is 9.20. The molecule has 5 N–H and O–H groups in total. The molecule has 0 fully saturated rings. The standard InChI is InChI=1S/C17H18IN7O4S/c18-9-5-10-11(29-8-28-10)6-12(9)30-17-23-14-15(19)21-7-22-16(14)25(17)4-3-20-2-1-13(26)24-27/h5-7,20,27H,1-4,8H2,(H,24,26)(H2,19,21,22). The number of fused-ring (bicyclic) bond motifs is 2. The van der Waals surface area contributed by atoms with Crippen molar-refractivity contribution in [2.45, 2.75) is 23.0 Å². The summed E-state index contributed by atoms with van der Waals surface area (Å²) >= 11 is 3.72. The summed E-state index contributed by atoms with van der Waals surface area (Å²) in [7, 11) is 0. The van der Waals surface area contributed by atoms with Gasteiger partial charge in [-0.25, -0.2) is 20.4 Å². The molecule has 4 rings (SSSR count). The molecule has 1 aliphatic rings. The Balaban J connectivity index is 1.57. The van der Waals surface area contributed by atoms with E-state index in [2.05, 4.69) is 42.9 Å².